The summed E-state index contributed by atoms with van der Waals surface area (Å²) >= 11 is 0. The van der Waals surface area contributed by atoms with E-state index in [4.69, 9.17) is 4.74 Å². The largest absolute Gasteiger partial charge is 0.450 e. The van der Waals surface area contributed by atoms with E-state index in [2.05, 4.69) is 38.2 Å². The maximum atomic E-state index is 13.7. The predicted molar refractivity (Wildman–Crippen MR) is 137 cm³/mol. The van der Waals surface area contributed by atoms with Crippen LogP contribution in [0.2, 0.25) is 0 Å². The van der Waals surface area contributed by atoms with Gasteiger partial charge in [-0.05, 0) is 36.8 Å². The highest BCUT2D eigenvalue weighted by Crippen LogP contribution is 2.26. The summed E-state index contributed by atoms with van der Waals surface area (Å²) in [4.78, 5) is 27.9. The molecule has 1 saturated heterocycles. The molecule has 1 heterocycles. The highest BCUT2D eigenvalue weighted by Gasteiger charge is 2.39. The number of nitrogens with one attached hydrogen (secondary N) is 1. The Balaban J connectivity index is 2.00. The average Bonchev–Trinajstić information content (AvgIpc) is 3.15. The molecule has 0 spiro atoms. The number of hydrogen-bond donors (Lipinski definition) is 1. The molecule has 1 N–H and O–H groups in total. The Morgan fingerprint density at radius 3 is 2.23 bits per heavy atom. The van der Waals surface area contributed by atoms with Gasteiger partial charge in [-0.2, -0.15) is 0 Å². The minimum Gasteiger partial charge on any atom is -0.450 e. The number of ketones is 1. The van der Waals surface area contributed by atoms with Gasteiger partial charge in [0, 0.05) is 18.2 Å². The van der Waals surface area contributed by atoms with Gasteiger partial charge in [-0.1, -0.05) is 74.9 Å². The van der Waals surface area contributed by atoms with Crippen molar-refractivity contribution in [3.63, 3.8) is 0 Å². The minimum absolute atomic E-state index is 0.00679. The number of ether oxygens (including phenoxy) is 1. The number of aryl methyl sites for hydroxylation is 1. The molecule has 2 aromatic carbocycles. The first kappa shape index (κ1) is 26.9. The van der Waals surface area contributed by atoms with E-state index < -0.39 is 28.1 Å². The number of benzene rings is 2. The van der Waals surface area contributed by atoms with Crippen LogP contribution in [0.5, 0.6) is 0 Å². The Bertz CT molecular complexity index is 1140. The van der Waals surface area contributed by atoms with Crippen LogP contribution in [0.3, 0.4) is 0 Å². The second kappa shape index (κ2) is 10.9. The van der Waals surface area contributed by atoms with E-state index in [9.17, 15) is 18.0 Å². The second-order valence-corrected chi connectivity index (χ2v) is 12.4. The van der Waals surface area contributed by atoms with Gasteiger partial charge in [0.2, 0.25) is 0 Å². The van der Waals surface area contributed by atoms with Crippen molar-refractivity contribution in [2.75, 3.05) is 18.1 Å². The molecule has 0 aliphatic carbocycles. The number of amides is 1. The summed E-state index contributed by atoms with van der Waals surface area (Å²) in [6, 6.07) is 14.8. The van der Waals surface area contributed by atoms with Gasteiger partial charge in [0.1, 0.15) is 0 Å². The topological polar surface area (TPSA) is 92.8 Å². The summed E-state index contributed by atoms with van der Waals surface area (Å²) in [5, 5.41) is 2.71. The number of Topliss-reactive ketones (excluding diaryl/α,β-unsaturated/α-hetero) is 1. The van der Waals surface area contributed by atoms with Gasteiger partial charge in [-0.25, -0.2) is 13.2 Å². The smallest absolute Gasteiger partial charge is 0.408 e. The Morgan fingerprint density at radius 1 is 1.09 bits per heavy atom. The molecule has 190 valence electrons. The van der Waals surface area contributed by atoms with Crippen LogP contribution in [0, 0.1) is 6.92 Å². The predicted octanol–water partition coefficient (Wildman–Crippen LogP) is 4.24. The van der Waals surface area contributed by atoms with Crippen molar-refractivity contribution in [2.45, 2.75) is 65.2 Å². The normalized spacial score (nSPS) is 18.3. The monoisotopic (exact) mass is 500 g/mol. The van der Waals surface area contributed by atoms with E-state index in [0.29, 0.717) is 18.5 Å². The molecule has 35 heavy (non-hydrogen) atoms. The van der Waals surface area contributed by atoms with Crippen LogP contribution in [0.4, 0.5) is 4.79 Å². The van der Waals surface area contributed by atoms with Crippen LogP contribution in [-0.4, -0.2) is 55.5 Å². The third kappa shape index (κ3) is 7.15. The Morgan fingerprint density at radius 2 is 1.71 bits per heavy atom. The molecule has 1 amide bonds. The molecule has 0 saturated carbocycles. The molecule has 7 nitrogen and oxygen atoms in total. The van der Waals surface area contributed by atoms with E-state index in [1.54, 1.807) is 24.0 Å². The van der Waals surface area contributed by atoms with Crippen LogP contribution >= 0.6 is 0 Å². The average molecular weight is 501 g/mol. The number of rotatable bonds is 8. The van der Waals surface area contributed by atoms with Crippen LogP contribution in [-0.2, 0) is 26.5 Å². The minimum atomic E-state index is -3.22. The fourth-order valence-corrected chi connectivity index (χ4v) is 5.99. The third-order valence-corrected chi connectivity index (χ3v) is 8.06. The van der Waals surface area contributed by atoms with Crippen molar-refractivity contribution < 1.29 is 22.7 Å². The molecule has 2 aromatic rings. The van der Waals surface area contributed by atoms with Gasteiger partial charge in [-0.15, -0.1) is 0 Å². The van der Waals surface area contributed by atoms with Crippen LogP contribution < -0.4 is 5.32 Å². The van der Waals surface area contributed by atoms with E-state index >= 15 is 0 Å². The van der Waals surface area contributed by atoms with Crippen molar-refractivity contribution in [2.24, 2.45) is 0 Å². The first-order valence-electron chi connectivity index (χ1n) is 12.0. The molecule has 1 aliphatic rings. The molecular weight excluding hydrogens is 464 g/mol. The van der Waals surface area contributed by atoms with Gasteiger partial charge in [0.15, 0.2) is 21.8 Å². The molecule has 0 aromatic heterocycles. The summed E-state index contributed by atoms with van der Waals surface area (Å²) in [6.07, 6.45) is -1.39. The first-order chi connectivity index (χ1) is 16.4. The van der Waals surface area contributed by atoms with Gasteiger partial charge in [-0.3, -0.25) is 15.0 Å². The third-order valence-electron chi connectivity index (χ3n) is 6.31. The molecule has 0 bridgehead atoms. The van der Waals surface area contributed by atoms with Gasteiger partial charge in [0.05, 0.1) is 18.1 Å². The maximum absolute atomic E-state index is 13.7. The molecular formula is C27H36N2O5S. The van der Waals surface area contributed by atoms with Crippen molar-refractivity contribution in [1.82, 2.24) is 10.2 Å². The summed E-state index contributed by atoms with van der Waals surface area (Å²) in [7, 11) is -3.22. The fourth-order valence-electron chi connectivity index (χ4n) is 4.25. The number of alkyl carbamates (subject to hydrolysis) is 1. The lowest BCUT2D eigenvalue weighted by Gasteiger charge is -2.35. The van der Waals surface area contributed by atoms with Gasteiger partial charge < -0.3 is 4.74 Å². The van der Waals surface area contributed by atoms with Crippen molar-refractivity contribution in [3.05, 3.63) is 70.8 Å². The summed E-state index contributed by atoms with van der Waals surface area (Å²) < 4.78 is 29.8. The fraction of sp³-hybridized carbons (Fsp3) is 0.481. The van der Waals surface area contributed by atoms with E-state index in [-0.39, 0.29) is 29.3 Å². The quantitative estimate of drug-likeness (QED) is 0.431. The number of sulfone groups is 1. The molecule has 8 heteroatoms. The number of nitrogens with zero attached hydrogens (tertiary/aromatic N) is 1. The van der Waals surface area contributed by atoms with Crippen LogP contribution in [0.25, 0.3) is 0 Å². The Hall–Kier alpha value is -2.71. The number of carbonyl (C=O) groups is 2. The van der Waals surface area contributed by atoms with Crippen LogP contribution in [0.15, 0.2) is 48.5 Å². The summed E-state index contributed by atoms with van der Waals surface area (Å²) in [5.74, 6) is -0.314. The molecule has 1 fully saturated rings. The van der Waals surface area contributed by atoms with Gasteiger partial charge >= 0.3 is 6.09 Å². The zero-order valence-electron chi connectivity index (χ0n) is 21.2. The molecule has 0 radical (unpaired) electrons. The SMILES string of the molecule is CCOC(=O)N[C@H](C(=O)c1ccc(C)cc1)N(Cc1ccc(C(C)(C)C)cc1)[C@@H]1CCS(=O)(=O)C1. The van der Waals surface area contributed by atoms with Gasteiger partial charge in [0.25, 0.3) is 0 Å². The Kier molecular flexibility index (Phi) is 8.38. The van der Waals surface area contributed by atoms with E-state index in [1.807, 2.05) is 31.2 Å². The second-order valence-electron chi connectivity index (χ2n) is 10.2. The number of hydrogen-bond acceptors (Lipinski definition) is 6. The lowest BCUT2D eigenvalue weighted by molar-refractivity contribution is 0.0619. The molecule has 2 atom stereocenters. The van der Waals surface area contributed by atoms with Crippen LogP contribution in [0.1, 0.15) is 61.2 Å². The zero-order chi connectivity index (χ0) is 25.8. The van der Waals surface area contributed by atoms with Crippen molar-refractivity contribution >= 4 is 21.7 Å². The molecule has 0 unspecified atom stereocenters. The lowest BCUT2D eigenvalue weighted by atomic mass is 9.86. The van der Waals surface area contributed by atoms with E-state index in [0.717, 1.165) is 11.1 Å². The maximum Gasteiger partial charge on any atom is 0.408 e. The Labute approximate surface area is 208 Å². The zero-order valence-corrected chi connectivity index (χ0v) is 22.0. The standard InChI is InChI=1S/C27H36N2O5S/c1-6-34-26(31)28-25(24(30)21-11-7-19(2)8-12-21)29(23-15-16-35(32,33)18-23)17-20-9-13-22(14-10-20)27(3,4)5/h7-14,23,25H,6,15-18H2,1-5H3,(H,28,31)/t23-,25+/m1/s1. The molecule has 3 rings (SSSR count). The van der Waals surface area contributed by atoms with Crippen molar-refractivity contribution in [3.8, 4) is 0 Å². The first-order valence-corrected chi connectivity index (χ1v) is 13.8. The number of carbonyl (C=O) groups excluding carboxylic acids is 2. The van der Waals surface area contributed by atoms with Crippen molar-refractivity contribution in [1.29, 1.82) is 0 Å². The lowest BCUT2D eigenvalue weighted by Crippen LogP contribution is -2.56. The highest BCUT2D eigenvalue weighted by molar-refractivity contribution is 7.91. The highest BCUT2D eigenvalue weighted by atomic mass is 32.2. The molecule has 1 aliphatic heterocycles. The summed E-state index contributed by atoms with van der Waals surface area (Å²) in [5.41, 5.74) is 3.54. The van der Waals surface area contributed by atoms with E-state index in [1.165, 1.54) is 5.56 Å². The summed E-state index contributed by atoms with van der Waals surface area (Å²) in [6.45, 7) is 10.5.